The van der Waals surface area contributed by atoms with Crippen molar-refractivity contribution in [2.45, 2.75) is 26.8 Å². The number of amides is 1. The Hall–Kier alpha value is -2.04. The Balaban J connectivity index is 2.47. The normalized spacial score (nSPS) is 12.0. The maximum Gasteiger partial charge on any atom is 0.326 e. The van der Waals surface area contributed by atoms with Crippen molar-refractivity contribution in [2.24, 2.45) is 5.92 Å². The van der Waals surface area contributed by atoms with E-state index in [2.05, 4.69) is 5.32 Å². The van der Waals surface area contributed by atoms with Gasteiger partial charge in [-0.2, -0.15) is 0 Å². The summed E-state index contributed by atoms with van der Waals surface area (Å²) in [7, 11) is 0. The summed E-state index contributed by atoms with van der Waals surface area (Å²) >= 11 is 0. The highest BCUT2D eigenvalue weighted by Crippen LogP contribution is 2.11. The van der Waals surface area contributed by atoms with Crippen LogP contribution in [-0.4, -0.2) is 29.6 Å². The van der Waals surface area contributed by atoms with Gasteiger partial charge in [0, 0.05) is 0 Å². The number of carbonyl (C=O) groups excluding carboxylic acids is 1. The van der Waals surface area contributed by atoms with Crippen LogP contribution in [-0.2, 0) is 9.59 Å². The van der Waals surface area contributed by atoms with Gasteiger partial charge in [-0.1, -0.05) is 31.5 Å². The number of carboxylic acid groups (broad SMARTS) is 1. The third kappa shape index (κ3) is 4.99. The van der Waals surface area contributed by atoms with Gasteiger partial charge in [0.05, 0.1) is 0 Å². The van der Waals surface area contributed by atoms with Crippen LogP contribution in [0.2, 0.25) is 0 Å². The van der Waals surface area contributed by atoms with Gasteiger partial charge in [-0.15, -0.1) is 0 Å². The molecule has 0 saturated heterocycles. The van der Waals surface area contributed by atoms with Crippen molar-refractivity contribution < 1.29 is 19.4 Å². The molecule has 0 aliphatic heterocycles. The van der Waals surface area contributed by atoms with Crippen LogP contribution in [0, 0.1) is 12.8 Å². The molecule has 0 aliphatic carbocycles. The molecular formula is C14H19NO4. The Labute approximate surface area is 112 Å². The fraction of sp³-hybridized carbons (Fsp3) is 0.429. The van der Waals surface area contributed by atoms with Crippen molar-refractivity contribution in [3.05, 3.63) is 29.8 Å². The SMILES string of the molecule is Cc1ccc(OCC(=O)N[C@H](C(=O)O)C(C)C)cc1. The summed E-state index contributed by atoms with van der Waals surface area (Å²) in [6, 6.07) is 6.39. The van der Waals surface area contributed by atoms with Gasteiger partial charge < -0.3 is 15.2 Å². The van der Waals surface area contributed by atoms with E-state index in [-0.39, 0.29) is 12.5 Å². The fourth-order valence-electron chi connectivity index (χ4n) is 1.51. The van der Waals surface area contributed by atoms with E-state index >= 15 is 0 Å². The van der Waals surface area contributed by atoms with Gasteiger partial charge >= 0.3 is 5.97 Å². The second-order valence-electron chi connectivity index (χ2n) is 4.73. The topological polar surface area (TPSA) is 75.6 Å². The highest BCUT2D eigenvalue weighted by molar-refractivity contribution is 5.84. The number of aliphatic carboxylic acids is 1. The highest BCUT2D eigenvalue weighted by Gasteiger charge is 2.23. The number of hydrogen-bond donors (Lipinski definition) is 2. The van der Waals surface area contributed by atoms with Crippen molar-refractivity contribution in [1.29, 1.82) is 0 Å². The van der Waals surface area contributed by atoms with Crippen molar-refractivity contribution in [3.63, 3.8) is 0 Å². The number of benzene rings is 1. The van der Waals surface area contributed by atoms with Crippen LogP contribution in [0.15, 0.2) is 24.3 Å². The van der Waals surface area contributed by atoms with Crippen LogP contribution < -0.4 is 10.1 Å². The lowest BCUT2D eigenvalue weighted by atomic mass is 10.1. The average Bonchev–Trinajstić information content (AvgIpc) is 2.34. The molecule has 0 heterocycles. The molecule has 0 saturated carbocycles. The van der Waals surface area contributed by atoms with E-state index in [1.807, 2.05) is 19.1 Å². The number of hydrogen-bond acceptors (Lipinski definition) is 3. The molecule has 0 bridgehead atoms. The first kappa shape index (κ1) is 15.0. The zero-order valence-electron chi connectivity index (χ0n) is 11.3. The van der Waals surface area contributed by atoms with Gasteiger partial charge in [-0.05, 0) is 25.0 Å². The van der Waals surface area contributed by atoms with Crippen molar-refractivity contribution >= 4 is 11.9 Å². The summed E-state index contributed by atoms with van der Waals surface area (Å²) in [6.45, 7) is 5.23. The van der Waals surface area contributed by atoms with Gasteiger partial charge in [0.15, 0.2) is 6.61 Å². The summed E-state index contributed by atoms with van der Waals surface area (Å²) in [5.74, 6) is -1.08. The molecule has 5 nitrogen and oxygen atoms in total. The van der Waals surface area contributed by atoms with Crippen LogP contribution in [0.3, 0.4) is 0 Å². The Kier molecular flexibility index (Phi) is 5.36. The summed E-state index contributed by atoms with van der Waals surface area (Å²) in [5, 5.41) is 11.4. The maximum absolute atomic E-state index is 11.6. The first-order valence-corrected chi connectivity index (χ1v) is 6.11. The number of carboxylic acids is 1. The minimum absolute atomic E-state index is 0.180. The summed E-state index contributed by atoms with van der Waals surface area (Å²) in [6.07, 6.45) is 0. The number of nitrogens with one attached hydrogen (secondary N) is 1. The molecule has 104 valence electrons. The Morgan fingerprint density at radius 1 is 1.26 bits per heavy atom. The van der Waals surface area contributed by atoms with Gasteiger partial charge in [-0.25, -0.2) is 4.79 Å². The third-order valence-corrected chi connectivity index (χ3v) is 2.64. The number of carbonyl (C=O) groups is 2. The smallest absolute Gasteiger partial charge is 0.326 e. The van der Waals surface area contributed by atoms with Crippen molar-refractivity contribution in [2.75, 3.05) is 6.61 Å². The zero-order chi connectivity index (χ0) is 14.4. The minimum atomic E-state index is -1.04. The minimum Gasteiger partial charge on any atom is -0.484 e. The van der Waals surface area contributed by atoms with E-state index in [0.717, 1.165) is 5.56 Å². The summed E-state index contributed by atoms with van der Waals surface area (Å²) < 4.78 is 5.28. The van der Waals surface area contributed by atoms with E-state index in [1.165, 1.54) is 0 Å². The third-order valence-electron chi connectivity index (χ3n) is 2.64. The monoisotopic (exact) mass is 265 g/mol. The quantitative estimate of drug-likeness (QED) is 0.819. The largest absolute Gasteiger partial charge is 0.484 e. The molecule has 2 N–H and O–H groups in total. The lowest BCUT2D eigenvalue weighted by molar-refractivity contribution is -0.143. The molecule has 1 rings (SSSR count). The molecule has 0 fully saturated rings. The predicted octanol–water partition coefficient (Wildman–Crippen LogP) is 1.60. The molecule has 1 atom stereocenters. The van der Waals surface area contributed by atoms with Crippen LogP contribution in [0.1, 0.15) is 19.4 Å². The van der Waals surface area contributed by atoms with E-state index in [0.29, 0.717) is 5.75 Å². The van der Waals surface area contributed by atoms with Crippen LogP contribution >= 0.6 is 0 Å². The standard InChI is InChI=1S/C14H19NO4/c1-9(2)13(14(17)18)15-12(16)8-19-11-6-4-10(3)5-7-11/h4-7,9,13H,8H2,1-3H3,(H,15,16)(H,17,18)/t13-/m0/s1. The molecule has 0 spiro atoms. The van der Waals surface area contributed by atoms with E-state index in [1.54, 1.807) is 26.0 Å². The lowest BCUT2D eigenvalue weighted by Gasteiger charge is -2.17. The molecule has 5 heteroatoms. The second-order valence-corrected chi connectivity index (χ2v) is 4.73. The van der Waals surface area contributed by atoms with Gasteiger partial charge in [-0.3, -0.25) is 4.79 Å². The summed E-state index contributed by atoms with van der Waals surface area (Å²) in [5.41, 5.74) is 1.10. The Morgan fingerprint density at radius 3 is 2.32 bits per heavy atom. The van der Waals surface area contributed by atoms with Gasteiger partial charge in [0.2, 0.25) is 0 Å². The van der Waals surface area contributed by atoms with E-state index < -0.39 is 17.9 Å². The van der Waals surface area contributed by atoms with Crippen LogP contribution in [0.4, 0.5) is 0 Å². The molecule has 0 aliphatic rings. The average molecular weight is 265 g/mol. The van der Waals surface area contributed by atoms with E-state index in [9.17, 15) is 9.59 Å². The molecule has 1 amide bonds. The second kappa shape index (κ2) is 6.78. The Bertz CT molecular complexity index is 439. The molecule has 1 aromatic carbocycles. The number of rotatable bonds is 6. The molecule has 0 radical (unpaired) electrons. The Morgan fingerprint density at radius 2 is 1.84 bits per heavy atom. The van der Waals surface area contributed by atoms with Crippen LogP contribution in [0.25, 0.3) is 0 Å². The highest BCUT2D eigenvalue weighted by atomic mass is 16.5. The van der Waals surface area contributed by atoms with Gasteiger partial charge in [0.25, 0.3) is 5.91 Å². The molecule has 19 heavy (non-hydrogen) atoms. The molecule has 0 unspecified atom stereocenters. The predicted molar refractivity (Wildman–Crippen MR) is 71.1 cm³/mol. The zero-order valence-corrected chi connectivity index (χ0v) is 11.3. The van der Waals surface area contributed by atoms with E-state index in [4.69, 9.17) is 9.84 Å². The number of ether oxygens (including phenoxy) is 1. The molecule has 0 aromatic heterocycles. The molecule has 1 aromatic rings. The summed E-state index contributed by atoms with van der Waals surface area (Å²) in [4.78, 5) is 22.5. The lowest BCUT2D eigenvalue weighted by Crippen LogP contribution is -2.46. The van der Waals surface area contributed by atoms with Gasteiger partial charge in [0.1, 0.15) is 11.8 Å². The van der Waals surface area contributed by atoms with Crippen LogP contribution in [0.5, 0.6) is 5.75 Å². The molecular weight excluding hydrogens is 246 g/mol. The number of aryl methyl sites for hydroxylation is 1. The maximum atomic E-state index is 11.6. The fourth-order valence-corrected chi connectivity index (χ4v) is 1.51. The first-order valence-electron chi connectivity index (χ1n) is 6.11. The first-order chi connectivity index (χ1) is 8.90. The van der Waals surface area contributed by atoms with Crippen molar-refractivity contribution in [1.82, 2.24) is 5.32 Å². The van der Waals surface area contributed by atoms with Crippen molar-refractivity contribution in [3.8, 4) is 5.75 Å².